The van der Waals surface area contributed by atoms with Gasteiger partial charge in [-0.25, -0.2) is 0 Å². The number of carbonyl (C=O) groups is 2. The average molecular weight is 509 g/mol. The van der Waals surface area contributed by atoms with E-state index >= 15 is 0 Å². The van der Waals surface area contributed by atoms with E-state index in [1.165, 1.54) is 0 Å². The normalized spacial score (nSPS) is 14.3. The molecule has 0 fully saturated rings. The molecule has 1 aliphatic rings. The molecule has 0 radical (unpaired) electrons. The van der Waals surface area contributed by atoms with Crippen LogP contribution in [0.5, 0.6) is 11.5 Å². The van der Waals surface area contributed by atoms with E-state index in [0.29, 0.717) is 50.6 Å². The highest BCUT2D eigenvalue weighted by Gasteiger charge is 2.33. The third-order valence-electron chi connectivity index (χ3n) is 5.21. The molecule has 1 aliphatic heterocycles. The summed E-state index contributed by atoms with van der Waals surface area (Å²) in [5.41, 5.74) is 2.64. The number of rotatable bonds is 7. The summed E-state index contributed by atoms with van der Waals surface area (Å²) in [7, 11) is 0. The van der Waals surface area contributed by atoms with Gasteiger partial charge in [0, 0.05) is 10.6 Å². The van der Waals surface area contributed by atoms with Crippen molar-refractivity contribution in [3.8, 4) is 11.5 Å². The second-order valence-corrected chi connectivity index (χ2v) is 8.55. The third kappa shape index (κ3) is 5.56. The molecule has 0 unspecified atom stereocenters. The van der Waals surface area contributed by atoms with Crippen molar-refractivity contribution >= 4 is 46.8 Å². The summed E-state index contributed by atoms with van der Waals surface area (Å²) in [6, 6.07) is 19.3. The zero-order valence-electron chi connectivity index (χ0n) is 19.1. The smallest absolute Gasteiger partial charge is 0.283 e. The number of imide groups is 1. The highest BCUT2D eigenvalue weighted by molar-refractivity contribution is 6.33. The molecule has 8 heteroatoms. The van der Waals surface area contributed by atoms with Gasteiger partial charge in [0.15, 0.2) is 11.5 Å². The number of benzene rings is 3. The van der Waals surface area contributed by atoms with Crippen molar-refractivity contribution in [2.75, 3.05) is 6.61 Å². The van der Waals surface area contributed by atoms with Crippen LogP contribution in [0.25, 0.3) is 6.08 Å². The Labute approximate surface area is 213 Å². The Morgan fingerprint density at radius 2 is 1.74 bits per heavy atom. The van der Waals surface area contributed by atoms with Gasteiger partial charge in [0.25, 0.3) is 11.8 Å². The Bertz CT molecular complexity index is 1320. The molecular formula is C27H22Cl2N2O4. The summed E-state index contributed by atoms with van der Waals surface area (Å²) in [6.45, 7) is 4.20. The number of ether oxygens (including phenoxy) is 2. The van der Waals surface area contributed by atoms with Gasteiger partial charge >= 0.3 is 0 Å². The Balaban J connectivity index is 1.59. The SMILES string of the molecule is CCOc1cc(/C=C2/C(=O)N(C(=O)c3ccccc3)N=C2C)cc(Cl)c1OCc1ccc(Cl)cc1. The minimum absolute atomic E-state index is 0.276. The Kier molecular flexibility index (Phi) is 7.54. The lowest BCUT2D eigenvalue weighted by molar-refractivity contribution is -0.123. The van der Waals surface area contributed by atoms with Gasteiger partial charge in [0.05, 0.1) is 22.9 Å². The minimum atomic E-state index is -0.506. The van der Waals surface area contributed by atoms with E-state index < -0.39 is 11.8 Å². The standard InChI is InChI=1S/C27H22Cl2N2O4/c1-3-34-24-15-19(14-23(29)25(24)35-16-18-9-11-21(28)12-10-18)13-22-17(2)30-31(27(22)33)26(32)20-7-5-4-6-8-20/h4-15H,3,16H2,1-2H3/b22-13+. The first-order chi connectivity index (χ1) is 16.9. The molecule has 1 heterocycles. The van der Waals surface area contributed by atoms with E-state index in [1.807, 2.05) is 19.1 Å². The first-order valence-corrected chi connectivity index (χ1v) is 11.7. The monoisotopic (exact) mass is 508 g/mol. The topological polar surface area (TPSA) is 68.2 Å². The predicted molar refractivity (Wildman–Crippen MR) is 137 cm³/mol. The van der Waals surface area contributed by atoms with Crippen LogP contribution in [0.3, 0.4) is 0 Å². The van der Waals surface area contributed by atoms with Crippen LogP contribution in [0.2, 0.25) is 10.0 Å². The summed E-state index contributed by atoms with van der Waals surface area (Å²) in [5.74, 6) is -0.154. The number of hydrazone groups is 1. The lowest BCUT2D eigenvalue weighted by Gasteiger charge is -2.15. The lowest BCUT2D eigenvalue weighted by Crippen LogP contribution is -2.29. The summed E-state index contributed by atoms with van der Waals surface area (Å²) >= 11 is 12.5. The van der Waals surface area contributed by atoms with Gasteiger partial charge < -0.3 is 9.47 Å². The fourth-order valence-corrected chi connectivity index (χ4v) is 3.90. The summed E-state index contributed by atoms with van der Waals surface area (Å²) in [5, 5.41) is 6.03. The molecule has 0 saturated carbocycles. The van der Waals surface area contributed by atoms with E-state index in [1.54, 1.807) is 67.6 Å². The van der Waals surface area contributed by atoms with Crippen LogP contribution in [0.1, 0.15) is 35.3 Å². The number of hydrogen-bond donors (Lipinski definition) is 0. The maximum absolute atomic E-state index is 13.0. The highest BCUT2D eigenvalue weighted by atomic mass is 35.5. The van der Waals surface area contributed by atoms with Crippen molar-refractivity contribution in [3.05, 3.63) is 99.0 Å². The summed E-state index contributed by atoms with van der Waals surface area (Å²) < 4.78 is 11.7. The molecule has 178 valence electrons. The first kappa shape index (κ1) is 24.5. The molecule has 0 bridgehead atoms. The molecule has 6 nitrogen and oxygen atoms in total. The maximum atomic E-state index is 13.0. The zero-order valence-corrected chi connectivity index (χ0v) is 20.6. The Morgan fingerprint density at radius 3 is 2.43 bits per heavy atom. The largest absolute Gasteiger partial charge is 0.490 e. The number of hydrogen-bond acceptors (Lipinski definition) is 5. The molecule has 3 aromatic rings. The van der Waals surface area contributed by atoms with Gasteiger partial charge in [-0.15, -0.1) is 0 Å². The third-order valence-corrected chi connectivity index (χ3v) is 5.75. The Hall–Kier alpha value is -3.61. The minimum Gasteiger partial charge on any atom is -0.490 e. The molecular weight excluding hydrogens is 487 g/mol. The van der Waals surface area contributed by atoms with Crippen molar-refractivity contribution in [2.24, 2.45) is 5.10 Å². The molecule has 4 rings (SSSR count). The van der Waals surface area contributed by atoms with Gasteiger partial charge in [-0.3, -0.25) is 9.59 Å². The van der Waals surface area contributed by atoms with Gasteiger partial charge in [0.1, 0.15) is 6.61 Å². The van der Waals surface area contributed by atoms with Crippen LogP contribution < -0.4 is 9.47 Å². The summed E-state index contributed by atoms with van der Waals surface area (Å²) in [4.78, 5) is 25.8. The second kappa shape index (κ2) is 10.8. The van der Waals surface area contributed by atoms with E-state index in [4.69, 9.17) is 32.7 Å². The van der Waals surface area contributed by atoms with Gasteiger partial charge in [0.2, 0.25) is 0 Å². The molecule has 0 aromatic heterocycles. The second-order valence-electron chi connectivity index (χ2n) is 7.71. The number of carbonyl (C=O) groups excluding carboxylic acids is 2. The van der Waals surface area contributed by atoms with Gasteiger partial charge in [-0.05, 0) is 67.4 Å². The molecule has 35 heavy (non-hydrogen) atoms. The zero-order chi connectivity index (χ0) is 24.9. The molecule has 0 spiro atoms. The fraction of sp³-hybridized carbons (Fsp3) is 0.148. The highest BCUT2D eigenvalue weighted by Crippen LogP contribution is 2.38. The molecule has 0 atom stereocenters. The van der Waals surface area contributed by atoms with Crippen LogP contribution in [0.4, 0.5) is 0 Å². The molecule has 0 N–H and O–H groups in total. The van der Waals surface area contributed by atoms with Crippen molar-refractivity contribution in [1.29, 1.82) is 0 Å². The molecule has 0 saturated heterocycles. The van der Waals surface area contributed by atoms with Crippen molar-refractivity contribution in [1.82, 2.24) is 5.01 Å². The summed E-state index contributed by atoms with van der Waals surface area (Å²) in [6.07, 6.45) is 1.64. The van der Waals surface area contributed by atoms with Crippen LogP contribution in [0.15, 0.2) is 77.4 Å². The Morgan fingerprint density at radius 1 is 1.03 bits per heavy atom. The quantitative estimate of drug-likeness (QED) is 0.273. The van der Waals surface area contributed by atoms with E-state index in [2.05, 4.69) is 5.10 Å². The number of amides is 2. The van der Waals surface area contributed by atoms with E-state index in [0.717, 1.165) is 10.6 Å². The predicted octanol–water partition coefficient (Wildman–Crippen LogP) is 6.41. The van der Waals surface area contributed by atoms with Crippen molar-refractivity contribution < 1.29 is 19.1 Å². The molecule has 2 amide bonds. The number of nitrogens with zero attached hydrogens (tertiary/aromatic N) is 2. The maximum Gasteiger partial charge on any atom is 0.283 e. The fourth-order valence-electron chi connectivity index (χ4n) is 3.50. The van der Waals surface area contributed by atoms with Crippen LogP contribution in [-0.4, -0.2) is 29.1 Å². The first-order valence-electron chi connectivity index (χ1n) is 10.9. The van der Waals surface area contributed by atoms with E-state index in [9.17, 15) is 9.59 Å². The average Bonchev–Trinajstić information content (AvgIpc) is 3.13. The van der Waals surface area contributed by atoms with Crippen LogP contribution in [-0.2, 0) is 11.4 Å². The van der Waals surface area contributed by atoms with Gasteiger partial charge in [-0.2, -0.15) is 10.1 Å². The van der Waals surface area contributed by atoms with Crippen molar-refractivity contribution in [2.45, 2.75) is 20.5 Å². The van der Waals surface area contributed by atoms with E-state index in [-0.39, 0.29) is 6.61 Å². The van der Waals surface area contributed by atoms with Crippen LogP contribution >= 0.6 is 23.2 Å². The van der Waals surface area contributed by atoms with Crippen LogP contribution in [0, 0.1) is 0 Å². The molecule has 0 aliphatic carbocycles. The lowest BCUT2D eigenvalue weighted by atomic mass is 10.1. The number of halogens is 2. The van der Waals surface area contributed by atoms with Gasteiger partial charge in [-0.1, -0.05) is 53.5 Å². The van der Waals surface area contributed by atoms with Crippen molar-refractivity contribution in [3.63, 3.8) is 0 Å². The molecule has 3 aromatic carbocycles.